The van der Waals surface area contributed by atoms with Crippen molar-refractivity contribution >= 4 is 17.7 Å². The zero-order valence-corrected chi connectivity index (χ0v) is 10.2. The number of hydrogen-bond donors (Lipinski definition) is 0. The van der Waals surface area contributed by atoms with E-state index in [1.54, 1.807) is 24.3 Å². The Bertz CT molecular complexity index is 436. The van der Waals surface area contributed by atoms with Crippen molar-refractivity contribution in [2.45, 2.75) is 0 Å². The summed E-state index contributed by atoms with van der Waals surface area (Å²) in [6.07, 6.45) is 1.18. The van der Waals surface area contributed by atoms with Gasteiger partial charge in [0.2, 0.25) is 0 Å². The average molecular weight is 250 g/mol. The van der Waals surface area contributed by atoms with Crippen molar-refractivity contribution in [1.29, 1.82) is 0 Å². The first-order chi connectivity index (χ1) is 8.67. The van der Waals surface area contributed by atoms with E-state index in [2.05, 4.69) is 9.47 Å². The number of rotatable bonds is 5. The van der Waals surface area contributed by atoms with E-state index >= 15 is 0 Å². The molecule has 0 atom stereocenters. The van der Waals surface area contributed by atoms with Gasteiger partial charge in [-0.3, -0.25) is 0 Å². The summed E-state index contributed by atoms with van der Waals surface area (Å²) in [6.45, 7) is -0.270. The van der Waals surface area contributed by atoms with E-state index in [0.29, 0.717) is 5.56 Å². The second-order valence-corrected chi connectivity index (χ2v) is 3.26. The molecule has 5 nitrogen and oxygen atoms in total. The molecule has 0 unspecified atom stereocenters. The summed E-state index contributed by atoms with van der Waals surface area (Å²) >= 11 is 0. The van der Waals surface area contributed by atoms with Gasteiger partial charge in [-0.25, -0.2) is 9.59 Å². The second kappa shape index (κ2) is 7.11. The first kappa shape index (κ1) is 13.8. The quantitative estimate of drug-likeness (QED) is 0.449. The molecule has 0 radical (unpaired) electrons. The van der Waals surface area contributed by atoms with E-state index in [1.165, 1.54) is 20.3 Å². The predicted molar refractivity (Wildman–Crippen MR) is 64.4 cm³/mol. The Morgan fingerprint density at radius 3 is 2.33 bits per heavy atom. The number of benzene rings is 1. The SMILES string of the molecule is COC(=O)C=C(OCC(=O)OC)c1ccccc1. The fraction of sp³-hybridized carbons (Fsp3) is 0.231. The fourth-order valence-electron chi connectivity index (χ4n) is 1.17. The van der Waals surface area contributed by atoms with Gasteiger partial charge in [-0.05, 0) is 0 Å². The van der Waals surface area contributed by atoms with Crippen molar-refractivity contribution in [3.63, 3.8) is 0 Å². The zero-order valence-electron chi connectivity index (χ0n) is 10.2. The lowest BCUT2D eigenvalue weighted by Crippen LogP contribution is -2.10. The highest BCUT2D eigenvalue weighted by Gasteiger charge is 2.09. The molecule has 1 aromatic rings. The standard InChI is InChI=1S/C13H14O5/c1-16-12(14)8-11(18-9-13(15)17-2)10-6-4-3-5-7-10/h3-8H,9H2,1-2H3. The molecule has 0 aromatic heterocycles. The molecule has 1 aromatic carbocycles. The van der Waals surface area contributed by atoms with E-state index in [4.69, 9.17) is 4.74 Å². The van der Waals surface area contributed by atoms with E-state index < -0.39 is 11.9 Å². The molecule has 18 heavy (non-hydrogen) atoms. The molecular weight excluding hydrogens is 236 g/mol. The van der Waals surface area contributed by atoms with Crippen LogP contribution in [-0.2, 0) is 23.8 Å². The van der Waals surface area contributed by atoms with Gasteiger partial charge in [0, 0.05) is 5.56 Å². The third-order valence-electron chi connectivity index (χ3n) is 2.08. The first-order valence-electron chi connectivity index (χ1n) is 5.22. The molecule has 0 saturated heterocycles. The van der Waals surface area contributed by atoms with Crippen LogP contribution in [0.15, 0.2) is 36.4 Å². The monoisotopic (exact) mass is 250 g/mol. The molecular formula is C13H14O5. The van der Waals surface area contributed by atoms with Gasteiger partial charge < -0.3 is 14.2 Å². The number of methoxy groups -OCH3 is 2. The molecule has 1 rings (SSSR count). The van der Waals surface area contributed by atoms with Crippen LogP contribution in [0.4, 0.5) is 0 Å². The predicted octanol–water partition coefficient (Wildman–Crippen LogP) is 1.39. The fourth-order valence-corrected chi connectivity index (χ4v) is 1.17. The van der Waals surface area contributed by atoms with Crippen LogP contribution in [-0.4, -0.2) is 32.8 Å². The maximum atomic E-state index is 11.2. The average Bonchev–Trinajstić information content (AvgIpc) is 2.43. The first-order valence-corrected chi connectivity index (χ1v) is 5.22. The highest BCUT2D eigenvalue weighted by Crippen LogP contribution is 2.15. The summed E-state index contributed by atoms with van der Waals surface area (Å²) in [5.74, 6) is -0.826. The minimum Gasteiger partial charge on any atom is -0.481 e. The van der Waals surface area contributed by atoms with Crippen LogP contribution < -0.4 is 0 Å². The summed E-state index contributed by atoms with van der Waals surface area (Å²) in [7, 11) is 2.53. The van der Waals surface area contributed by atoms with Gasteiger partial charge in [0.25, 0.3) is 0 Å². The third-order valence-corrected chi connectivity index (χ3v) is 2.08. The molecule has 0 spiro atoms. The van der Waals surface area contributed by atoms with Crippen LogP contribution in [0, 0.1) is 0 Å². The topological polar surface area (TPSA) is 61.8 Å². The van der Waals surface area contributed by atoms with E-state index in [9.17, 15) is 9.59 Å². The Morgan fingerprint density at radius 1 is 1.11 bits per heavy atom. The molecule has 0 aliphatic carbocycles. The minimum absolute atomic E-state index is 0.257. The van der Waals surface area contributed by atoms with Crippen molar-refractivity contribution in [3.8, 4) is 0 Å². The van der Waals surface area contributed by atoms with Crippen LogP contribution in [0.3, 0.4) is 0 Å². The van der Waals surface area contributed by atoms with Crippen molar-refractivity contribution in [2.24, 2.45) is 0 Å². The van der Waals surface area contributed by atoms with Gasteiger partial charge in [0.1, 0.15) is 5.76 Å². The minimum atomic E-state index is -0.557. The molecule has 5 heteroatoms. The highest BCUT2D eigenvalue weighted by molar-refractivity contribution is 5.90. The van der Waals surface area contributed by atoms with Crippen LogP contribution in [0.1, 0.15) is 5.56 Å². The number of carbonyl (C=O) groups is 2. The summed E-state index contributed by atoms with van der Waals surface area (Å²) in [5.41, 5.74) is 0.673. The van der Waals surface area contributed by atoms with Crippen LogP contribution in [0.25, 0.3) is 5.76 Å². The summed E-state index contributed by atoms with van der Waals surface area (Å²) in [6, 6.07) is 8.93. The Hall–Kier alpha value is -2.30. The molecule has 0 heterocycles. The summed E-state index contributed by atoms with van der Waals surface area (Å²) in [4.78, 5) is 22.2. The Balaban J connectivity index is 2.86. The van der Waals surface area contributed by atoms with Crippen molar-refractivity contribution < 1.29 is 23.8 Å². The number of esters is 2. The number of hydrogen-bond acceptors (Lipinski definition) is 5. The van der Waals surface area contributed by atoms with Gasteiger partial charge in [-0.1, -0.05) is 30.3 Å². The lowest BCUT2D eigenvalue weighted by atomic mass is 10.2. The van der Waals surface area contributed by atoms with Crippen LogP contribution >= 0.6 is 0 Å². The normalized spacial score (nSPS) is 10.7. The molecule has 0 saturated carbocycles. The second-order valence-electron chi connectivity index (χ2n) is 3.26. The molecule has 0 aliphatic heterocycles. The molecule has 0 N–H and O–H groups in total. The Morgan fingerprint density at radius 2 is 1.78 bits per heavy atom. The van der Waals surface area contributed by atoms with Gasteiger partial charge in [-0.2, -0.15) is 0 Å². The lowest BCUT2D eigenvalue weighted by Gasteiger charge is -2.09. The number of ether oxygens (including phenoxy) is 3. The van der Waals surface area contributed by atoms with E-state index in [-0.39, 0.29) is 12.4 Å². The Kier molecular flexibility index (Phi) is 5.44. The zero-order chi connectivity index (χ0) is 13.4. The molecule has 0 fully saturated rings. The highest BCUT2D eigenvalue weighted by atomic mass is 16.6. The number of carbonyl (C=O) groups excluding carboxylic acids is 2. The van der Waals surface area contributed by atoms with Crippen molar-refractivity contribution in [3.05, 3.63) is 42.0 Å². The summed E-state index contributed by atoms with van der Waals surface area (Å²) in [5, 5.41) is 0. The maximum Gasteiger partial charge on any atom is 0.343 e. The van der Waals surface area contributed by atoms with E-state index in [0.717, 1.165) is 0 Å². The van der Waals surface area contributed by atoms with Crippen molar-refractivity contribution in [1.82, 2.24) is 0 Å². The van der Waals surface area contributed by atoms with E-state index in [1.807, 2.05) is 6.07 Å². The van der Waals surface area contributed by atoms with Gasteiger partial charge in [0.15, 0.2) is 6.61 Å². The smallest absolute Gasteiger partial charge is 0.343 e. The lowest BCUT2D eigenvalue weighted by molar-refractivity contribution is -0.143. The maximum absolute atomic E-state index is 11.2. The molecule has 0 aliphatic rings. The summed E-state index contributed by atoms with van der Waals surface area (Å²) < 4.78 is 14.2. The third kappa shape index (κ3) is 4.29. The molecule has 0 bridgehead atoms. The van der Waals surface area contributed by atoms with Crippen LogP contribution in [0.5, 0.6) is 0 Å². The van der Waals surface area contributed by atoms with Crippen LogP contribution in [0.2, 0.25) is 0 Å². The Labute approximate surface area is 105 Å². The largest absolute Gasteiger partial charge is 0.481 e. The van der Waals surface area contributed by atoms with Gasteiger partial charge >= 0.3 is 11.9 Å². The van der Waals surface area contributed by atoms with Gasteiger partial charge in [0.05, 0.1) is 20.3 Å². The van der Waals surface area contributed by atoms with Gasteiger partial charge in [-0.15, -0.1) is 0 Å². The molecule has 0 amide bonds. The molecule has 96 valence electrons. The van der Waals surface area contributed by atoms with Crippen molar-refractivity contribution in [2.75, 3.05) is 20.8 Å².